The van der Waals surface area contributed by atoms with Gasteiger partial charge in [0.05, 0.1) is 0 Å². The molecule has 0 saturated carbocycles. The maximum absolute atomic E-state index is 4.80. The first-order chi connectivity index (χ1) is 10.5. The van der Waals surface area contributed by atoms with Crippen LogP contribution in [0.15, 0.2) is 48.7 Å². The molecule has 1 aromatic heterocycles. The molecule has 1 aliphatic carbocycles. The van der Waals surface area contributed by atoms with Gasteiger partial charge in [0.2, 0.25) is 0 Å². The molecule has 2 aromatic carbocycles. The topological polar surface area (TPSA) is 12.9 Å². The van der Waals surface area contributed by atoms with Crippen LogP contribution in [0.1, 0.15) is 11.1 Å². The summed E-state index contributed by atoms with van der Waals surface area (Å²) >= 11 is -1.80. The van der Waals surface area contributed by atoms with Gasteiger partial charge in [-0.2, -0.15) is 0 Å². The number of rotatable bonds is 1. The summed E-state index contributed by atoms with van der Waals surface area (Å²) in [5.41, 5.74) is 5.41. The Kier molecular flexibility index (Phi) is 3.16. The number of aryl methyl sites for hydroxylation is 2. The third-order valence-electron chi connectivity index (χ3n) is 4.78. The summed E-state index contributed by atoms with van der Waals surface area (Å²) < 4.78 is 1.58. The molecular formula is C20H21GeN. The normalized spacial score (nSPS) is 13.8. The van der Waals surface area contributed by atoms with Gasteiger partial charge in [-0.05, 0) is 0 Å². The number of pyridine rings is 1. The Morgan fingerprint density at radius 3 is 2.59 bits per heavy atom. The van der Waals surface area contributed by atoms with Crippen LogP contribution in [0, 0.1) is 0 Å². The molecule has 0 atom stereocenters. The van der Waals surface area contributed by atoms with Crippen molar-refractivity contribution in [3.8, 4) is 11.3 Å². The van der Waals surface area contributed by atoms with Crippen molar-refractivity contribution >= 4 is 28.4 Å². The van der Waals surface area contributed by atoms with Crippen LogP contribution in [-0.4, -0.2) is 18.3 Å². The van der Waals surface area contributed by atoms with Crippen molar-refractivity contribution in [2.24, 2.45) is 0 Å². The molecule has 2 heteroatoms. The summed E-state index contributed by atoms with van der Waals surface area (Å²) in [4.78, 5) is 4.80. The molecule has 0 radical (unpaired) electrons. The monoisotopic (exact) mass is 349 g/mol. The molecular weight excluding hydrogens is 327 g/mol. The Morgan fingerprint density at radius 1 is 0.955 bits per heavy atom. The number of hydrogen-bond acceptors (Lipinski definition) is 1. The number of aromatic nitrogens is 1. The summed E-state index contributed by atoms with van der Waals surface area (Å²) in [6, 6.07) is 15.8. The van der Waals surface area contributed by atoms with Crippen molar-refractivity contribution in [3.63, 3.8) is 0 Å². The Morgan fingerprint density at radius 2 is 1.77 bits per heavy atom. The summed E-state index contributed by atoms with van der Waals surface area (Å²) in [6.07, 6.45) is 4.29. The first kappa shape index (κ1) is 14.0. The number of hydrogen-bond donors (Lipinski definition) is 0. The van der Waals surface area contributed by atoms with Gasteiger partial charge in [-0.1, -0.05) is 0 Å². The zero-order valence-electron chi connectivity index (χ0n) is 13.5. The van der Waals surface area contributed by atoms with E-state index in [2.05, 4.69) is 65.9 Å². The van der Waals surface area contributed by atoms with Crippen LogP contribution < -0.4 is 4.40 Å². The molecule has 0 spiro atoms. The Hall–Kier alpha value is -1.61. The second-order valence-corrected chi connectivity index (χ2v) is 17.9. The van der Waals surface area contributed by atoms with Crippen LogP contribution in [-0.2, 0) is 12.8 Å². The Balaban J connectivity index is 2.00. The maximum atomic E-state index is 4.80. The molecule has 0 saturated heterocycles. The van der Waals surface area contributed by atoms with Crippen LogP contribution in [0.5, 0.6) is 0 Å². The van der Waals surface area contributed by atoms with Gasteiger partial charge < -0.3 is 0 Å². The molecule has 0 N–H and O–H groups in total. The fraction of sp³-hybridized carbons (Fsp3) is 0.250. The average molecular weight is 348 g/mol. The van der Waals surface area contributed by atoms with Crippen LogP contribution >= 0.6 is 0 Å². The molecule has 0 fully saturated rings. The van der Waals surface area contributed by atoms with Gasteiger partial charge in [0.1, 0.15) is 0 Å². The van der Waals surface area contributed by atoms with E-state index in [-0.39, 0.29) is 0 Å². The van der Waals surface area contributed by atoms with E-state index < -0.39 is 13.3 Å². The number of fused-ring (bicyclic) bond motifs is 5. The van der Waals surface area contributed by atoms with E-state index in [1.165, 1.54) is 33.2 Å². The zero-order chi connectivity index (χ0) is 15.3. The number of benzene rings is 2. The van der Waals surface area contributed by atoms with E-state index in [1.54, 1.807) is 4.40 Å². The van der Waals surface area contributed by atoms with Gasteiger partial charge in [-0.15, -0.1) is 0 Å². The zero-order valence-corrected chi connectivity index (χ0v) is 15.6. The van der Waals surface area contributed by atoms with Crippen molar-refractivity contribution in [1.82, 2.24) is 4.98 Å². The standard InChI is InChI=1S/C20H21GeN/c1-21(2,3)16-10-8-15-13-22-20-17-7-5-4-6-14(17)9-11-18(20)19(15)12-16/h4-8,10,12-13H,9,11H2,1-3H3. The minimum atomic E-state index is -1.80. The van der Waals surface area contributed by atoms with Crippen LogP contribution in [0.2, 0.25) is 17.3 Å². The van der Waals surface area contributed by atoms with Gasteiger partial charge >= 0.3 is 135 Å². The second-order valence-electron chi connectivity index (χ2n) is 7.29. The van der Waals surface area contributed by atoms with Gasteiger partial charge in [0.25, 0.3) is 0 Å². The minimum absolute atomic E-state index is 1.11. The van der Waals surface area contributed by atoms with Gasteiger partial charge in [-0.25, -0.2) is 0 Å². The van der Waals surface area contributed by atoms with E-state index >= 15 is 0 Å². The van der Waals surface area contributed by atoms with E-state index in [1.807, 2.05) is 0 Å². The van der Waals surface area contributed by atoms with E-state index in [0.29, 0.717) is 0 Å². The van der Waals surface area contributed by atoms with E-state index in [0.717, 1.165) is 12.8 Å². The van der Waals surface area contributed by atoms with Crippen LogP contribution in [0.4, 0.5) is 0 Å². The van der Waals surface area contributed by atoms with Crippen molar-refractivity contribution in [2.75, 3.05) is 0 Å². The molecule has 0 bridgehead atoms. The average Bonchev–Trinajstić information content (AvgIpc) is 2.53. The first-order valence-electron chi connectivity index (χ1n) is 8.04. The third-order valence-corrected chi connectivity index (χ3v) is 9.07. The van der Waals surface area contributed by atoms with Crippen molar-refractivity contribution in [1.29, 1.82) is 0 Å². The molecule has 1 heterocycles. The fourth-order valence-corrected chi connectivity index (χ4v) is 5.89. The predicted octanol–water partition coefficient (Wildman–Crippen LogP) is 4.55. The van der Waals surface area contributed by atoms with E-state index in [9.17, 15) is 0 Å². The van der Waals surface area contributed by atoms with Gasteiger partial charge in [0, 0.05) is 0 Å². The number of nitrogens with zero attached hydrogens (tertiary/aromatic N) is 1. The van der Waals surface area contributed by atoms with Crippen LogP contribution in [0.3, 0.4) is 0 Å². The van der Waals surface area contributed by atoms with Gasteiger partial charge in [0.15, 0.2) is 0 Å². The molecule has 22 heavy (non-hydrogen) atoms. The third kappa shape index (κ3) is 2.19. The SMILES string of the molecule is [CH3][Ge]([CH3])([CH3])[c]1ccc2cnc3c(c2c1)CCc1ccccc1-3. The van der Waals surface area contributed by atoms with Crippen molar-refractivity contribution in [2.45, 2.75) is 30.1 Å². The molecule has 1 nitrogen and oxygen atoms in total. The predicted molar refractivity (Wildman–Crippen MR) is 97.6 cm³/mol. The molecule has 0 aliphatic heterocycles. The molecule has 4 rings (SSSR count). The molecule has 1 aliphatic rings. The molecule has 0 amide bonds. The fourth-order valence-electron chi connectivity index (χ4n) is 3.45. The Bertz CT molecular complexity index is 874. The first-order valence-corrected chi connectivity index (χ1v) is 15.4. The summed E-state index contributed by atoms with van der Waals surface area (Å²) in [7, 11) is 0. The van der Waals surface area contributed by atoms with Gasteiger partial charge in [-0.3, -0.25) is 0 Å². The van der Waals surface area contributed by atoms with Crippen molar-refractivity contribution < 1.29 is 0 Å². The summed E-state index contributed by atoms with van der Waals surface area (Å²) in [5, 5.41) is 2.71. The summed E-state index contributed by atoms with van der Waals surface area (Å²) in [5.74, 6) is 7.39. The van der Waals surface area contributed by atoms with Crippen molar-refractivity contribution in [3.05, 3.63) is 59.8 Å². The second kappa shape index (κ2) is 4.95. The molecule has 0 unspecified atom stereocenters. The summed E-state index contributed by atoms with van der Waals surface area (Å²) in [6.45, 7) is 0. The Labute approximate surface area is 134 Å². The quantitative estimate of drug-likeness (QED) is 0.589. The van der Waals surface area contributed by atoms with E-state index in [4.69, 9.17) is 4.98 Å². The molecule has 110 valence electrons. The van der Waals surface area contributed by atoms with Crippen LogP contribution in [0.25, 0.3) is 22.0 Å². The molecule has 3 aromatic rings.